The Morgan fingerprint density at radius 1 is 1.27 bits per heavy atom. The lowest BCUT2D eigenvalue weighted by Crippen LogP contribution is -2.27. The fourth-order valence-electron chi connectivity index (χ4n) is 1.12. The molecule has 5 nitrogen and oxygen atoms in total. The molecular formula is C10H12O5. The summed E-state index contributed by atoms with van der Waals surface area (Å²) in [6.45, 7) is 0. The van der Waals surface area contributed by atoms with Crippen molar-refractivity contribution in [2.45, 2.75) is 12.2 Å². The third-order valence-electron chi connectivity index (χ3n) is 2.01. The summed E-state index contributed by atoms with van der Waals surface area (Å²) in [4.78, 5) is 10.4. The van der Waals surface area contributed by atoms with Crippen LogP contribution in [-0.2, 0) is 4.79 Å². The van der Waals surface area contributed by atoms with Gasteiger partial charge in [0.05, 0.1) is 7.11 Å². The topological polar surface area (TPSA) is 87.0 Å². The van der Waals surface area contributed by atoms with Gasteiger partial charge in [0.15, 0.2) is 6.10 Å². The van der Waals surface area contributed by atoms with Crippen molar-refractivity contribution in [1.82, 2.24) is 0 Å². The number of aliphatic hydroxyl groups excluding tert-OH is 2. The van der Waals surface area contributed by atoms with Crippen molar-refractivity contribution >= 4 is 5.97 Å². The summed E-state index contributed by atoms with van der Waals surface area (Å²) in [6.07, 6.45) is -3.26. The predicted octanol–water partition coefficient (Wildman–Crippen LogP) is 0.174. The van der Waals surface area contributed by atoms with Gasteiger partial charge in [-0.05, 0) is 17.7 Å². The van der Waals surface area contributed by atoms with E-state index in [4.69, 9.17) is 14.9 Å². The van der Waals surface area contributed by atoms with Crippen LogP contribution in [0.2, 0.25) is 0 Å². The van der Waals surface area contributed by atoms with Crippen molar-refractivity contribution in [3.05, 3.63) is 29.8 Å². The minimum atomic E-state index is -1.82. The normalized spacial score (nSPS) is 14.3. The smallest absolute Gasteiger partial charge is 0.335 e. The Bertz CT molecular complexity index is 332. The van der Waals surface area contributed by atoms with E-state index in [9.17, 15) is 9.90 Å². The van der Waals surface area contributed by atoms with E-state index in [0.717, 1.165) is 0 Å². The Balaban J connectivity index is 2.82. The highest BCUT2D eigenvalue weighted by atomic mass is 16.5. The van der Waals surface area contributed by atoms with Crippen molar-refractivity contribution in [3.63, 3.8) is 0 Å². The molecule has 0 aliphatic rings. The number of methoxy groups -OCH3 is 1. The molecule has 0 bridgehead atoms. The van der Waals surface area contributed by atoms with Gasteiger partial charge >= 0.3 is 5.97 Å². The molecule has 0 amide bonds. The van der Waals surface area contributed by atoms with Crippen molar-refractivity contribution in [2.24, 2.45) is 0 Å². The highest BCUT2D eigenvalue weighted by Gasteiger charge is 2.24. The fourth-order valence-corrected chi connectivity index (χ4v) is 1.12. The number of aliphatic hydroxyl groups is 2. The van der Waals surface area contributed by atoms with Crippen molar-refractivity contribution in [1.29, 1.82) is 0 Å². The van der Waals surface area contributed by atoms with E-state index in [1.165, 1.54) is 19.2 Å². The molecule has 0 saturated carbocycles. The van der Waals surface area contributed by atoms with Crippen LogP contribution in [-0.4, -0.2) is 34.5 Å². The lowest BCUT2D eigenvalue weighted by Gasteiger charge is -2.14. The lowest BCUT2D eigenvalue weighted by atomic mass is 10.0. The van der Waals surface area contributed by atoms with E-state index in [2.05, 4.69) is 0 Å². The largest absolute Gasteiger partial charge is 0.497 e. The average molecular weight is 212 g/mol. The third kappa shape index (κ3) is 2.68. The molecule has 0 aliphatic heterocycles. The third-order valence-corrected chi connectivity index (χ3v) is 2.01. The molecule has 0 saturated heterocycles. The first kappa shape index (κ1) is 11.5. The van der Waals surface area contributed by atoms with Crippen LogP contribution in [0.4, 0.5) is 0 Å². The molecule has 1 aromatic carbocycles. The Labute approximate surface area is 86.5 Å². The van der Waals surface area contributed by atoms with E-state index in [1.807, 2.05) is 0 Å². The number of benzene rings is 1. The van der Waals surface area contributed by atoms with Gasteiger partial charge in [-0.1, -0.05) is 12.1 Å². The highest BCUT2D eigenvalue weighted by molar-refractivity contribution is 5.73. The molecule has 0 radical (unpaired) electrons. The second-order valence-electron chi connectivity index (χ2n) is 3.00. The molecule has 3 N–H and O–H groups in total. The number of hydrogen-bond donors (Lipinski definition) is 3. The zero-order valence-electron chi connectivity index (χ0n) is 8.12. The minimum Gasteiger partial charge on any atom is -0.497 e. The summed E-state index contributed by atoms with van der Waals surface area (Å²) in [5.41, 5.74) is 0.325. The van der Waals surface area contributed by atoms with Crippen LogP contribution in [0.25, 0.3) is 0 Å². The lowest BCUT2D eigenvalue weighted by molar-refractivity contribution is -0.153. The SMILES string of the molecule is COc1ccc([C@@H](O)[C@H](O)C(=O)O)cc1. The summed E-state index contributed by atoms with van der Waals surface area (Å²) in [6, 6.07) is 6.14. The molecule has 5 heteroatoms. The second-order valence-corrected chi connectivity index (χ2v) is 3.00. The number of aliphatic carboxylic acids is 1. The van der Waals surface area contributed by atoms with Gasteiger partial charge in [-0.3, -0.25) is 0 Å². The van der Waals surface area contributed by atoms with E-state index in [1.54, 1.807) is 12.1 Å². The van der Waals surface area contributed by atoms with Crippen LogP contribution >= 0.6 is 0 Å². The molecular weight excluding hydrogens is 200 g/mol. The number of carboxylic acids is 1. The highest BCUT2D eigenvalue weighted by Crippen LogP contribution is 2.20. The maximum absolute atomic E-state index is 10.4. The summed E-state index contributed by atoms with van der Waals surface area (Å²) in [7, 11) is 1.50. The molecule has 15 heavy (non-hydrogen) atoms. The Kier molecular flexibility index (Phi) is 3.65. The van der Waals surface area contributed by atoms with Crippen LogP contribution < -0.4 is 4.74 Å². The fraction of sp³-hybridized carbons (Fsp3) is 0.300. The summed E-state index contributed by atoms with van der Waals surface area (Å²) in [5, 5.41) is 27.0. The first-order valence-corrected chi connectivity index (χ1v) is 4.29. The Hall–Kier alpha value is -1.59. The molecule has 1 aromatic rings. The van der Waals surface area contributed by atoms with Crippen LogP contribution in [0, 0.1) is 0 Å². The van der Waals surface area contributed by atoms with Gasteiger partial charge in [0.1, 0.15) is 11.9 Å². The molecule has 2 atom stereocenters. The zero-order valence-corrected chi connectivity index (χ0v) is 8.12. The van der Waals surface area contributed by atoms with Crippen molar-refractivity contribution in [2.75, 3.05) is 7.11 Å². The first-order chi connectivity index (χ1) is 7.06. The molecule has 0 spiro atoms. The monoisotopic (exact) mass is 212 g/mol. The average Bonchev–Trinajstić information content (AvgIpc) is 2.27. The van der Waals surface area contributed by atoms with Gasteiger partial charge < -0.3 is 20.1 Å². The van der Waals surface area contributed by atoms with Gasteiger partial charge in [0.2, 0.25) is 0 Å². The summed E-state index contributed by atoms with van der Waals surface area (Å²) >= 11 is 0. The van der Waals surface area contributed by atoms with Crippen LogP contribution in [0.5, 0.6) is 5.75 Å². The molecule has 82 valence electrons. The van der Waals surface area contributed by atoms with Crippen molar-refractivity contribution < 1.29 is 24.9 Å². The molecule has 0 fully saturated rings. The van der Waals surface area contributed by atoms with Gasteiger partial charge in [0, 0.05) is 0 Å². The predicted molar refractivity (Wildman–Crippen MR) is 51.6 cm³/mol. The summed E-state index contributed by atoms with van der Waals surface area (Å²) < 4.78 is 4.90. The zero-order chi connectivity index (χ0) is 11.4. The second kappa shape index (κ2) is 4.77. The first-order valence-electron chi connectivity index (χ1n) is 4.29. The Morgan fingerprint density at radius 3 is 2.20 bits per heavy atom. The maximum Gasteiger partial charge on any atom is 0.335 e. The number of ether oxygens (including phenoxy) is 1. The van der Waals surface area contributed by atoms with Gasteiger partial charge in [-0.2, -0.15) is 0 Å². The molecule has 0 aromatic heterocycles. The molecule has 0 aliphatic carbocycles. The Morgan fingerprint density at radius 2 is 1.80 bits per heavy atom. The number of hydrogen-bond acceptors (Lipinski definition) is 4. The van der Waals surface area contributed by atoms with Gasteiger partial charge in [0.25, 0.3) is 0 Å². The van der Waals surface area contributed by atoms with Gasteiger partial charge in [-0.15, -0.1) is 0 Å². The van der Waals surface area contributed by atoms with E-state index >= 15 is 0 Å². The summed E-state index contributed by atoms with van der Waals surface area (Å²) in [5.74, 6) is -0.867. The quantitative estimate of drug-likeness (QED) is 0.662. The van der Waals surface area contributed by atoms with Gasteiger partial charge in [-0.25, -0.2) is 4.79 Å². The van der Waals surface area contributed by atoms with Crippen LogP contribution in [0.3, 0.4) is 0 Å². The molecule has 0 unspecified atom stereocenters. The van der Waals surface area contributed by atoms with E-state index in [-0.39, 0.29) is 0 Å². The number of rotatable bonds is 4. The molecule has 0 heterocycles. The maximum atomic E-state index is 10.4. The minimum absolute atomic E-state index is 0.325. The standard InChI is InChI=1S/C10H12O5/c1-15-7-4-2-6(3-5-7)8(11)9(12)10(13)14/h2-5,8-9,11-12H,1H3,(H,13,14)/t8-,9+/m1/s1. The van der Waals surface area contributed by atoms with E-state index in [0.29, 0.717) is 11.3 Å². The van der Waals surface area contributed by atoms with Crippen LogP contribution in [0.1, 0.15) is 11.7 Å². The van der Waals surface area contributed by atoms with Crippen LogP contribution in [0.15, 0.2) is 24.3 Å². The van der Waals surface area contributed by atoms with E-state index < -0.39 is 18.2 Å². The number of carbonyl (C=O) groups is 1. The van der Waals surface area contributed by atoms with Crippen molar-refractivity contribution in [3.8, 4) is 5.75 Å². The molecule has 1 rings (SSSR count). The number of carboxylic acid groups (broad SMARTS) is 1.